The predicted molar refractivity (Wildman–Crippen MR) is 92.3 cm³/mol. The number of rotatable bonds is 3. The van der Waals surface area contributed by atoms with Crippen LogP contribution in [0.25, 0.3) is 0 Å². The molecule has 0 aromatic carbocycles. The van der Waals surface area contributed by atoms with Gasteiger partial charge in [-0.15, -0.1) is 0 Å². The second kappa shape index (κ2) is 6.13. The monoisotopic (exact) mass is 341 g/mol. The molecule has 0 bridgehead atoms. The molecule has 1 aliphatic heterocycles. The molecule has 1 aliphatic carbocycles. The van der Waals surface area contributed by atoms with E-state index < -0.39 is 0 Å². The first kappa shape index (κ1) is 16.1. The number of hydrogen-bond acceptors (Lipinski definition) is 6. The Labute approximate surface area is 147 Å². The minimum Gasteiger partial charge on any atom is -0.448 e. The van der Waals surface area contributed by atoms with Gasteiger partial charge in [0.05, 0.1) is 18.1 Å². The lowest BCUT2D eigenvalue weighted by molar-refractivity contribution is 0.0772. The molecule has 2 aromatic heterocycles. The number of hydrogen-bond donors (Lipinski definition) is 0. The molecule has 4 rings (SSSR count). The van der Waals surface area contributed by atoms with E-state index in [1.54, 1.807) is 13.1 Å². The first-order valence-electron chi connectivity index (χ1n) is 8.75. The molecule has 1 amide bonds. The summed E-state index contributed by atoms with van der Waals surface area (Å²) < 4.78 is 5.18. The van der Waals surface area contributed by atoms with Crippen molar-refractivity contribution in [2.75, 3.05) is 25.0 Å². The number of aryl methyl sites for hydroxylation is 2. The molecular weight excluding hydrogens is 318 g/mol. The van der Waals surface area contributed by atoms with Gasteiger partial charge in [0.1, 0.15) is 11.6 Å². The zero-order valence-corrected chi connectivity index (χ0v) is 14.8. The van der Waals surface area contributed by atoms with E-state index in [9.17, 15) is 4.79 Å². The normalized spacial score (nSPS) is 25.2. The lowest BCUT2D eigenvalue weighted by atomic mass is 9.97. The van der Waals surface area contributed by atoms with Crippen LogP contribution >= 0.6 is 0 Å². The van der Waals surface area contributed by atoms with Crippen molar-refractivity contribution in [3.63, 3.8) is 0 Å². The molecule has 1 saturated heterocycles. The average Bonchev–Trinajstić information content (AvgIpc) is 3.29. The second-order valence-corrected chi connectivity index (χ2v) is 7.16. The second-order valence-electron chi connectivity index (χ2n) is 7.16. The lowest BCUT2D eigenvalue weighted by Gasteiger charge is -2.30. The molecule has 7 nitrogen and oxygen atoms in total. The van der Waals surface area contributed by atoms with Gasteiger partial charge in [-0.25, -0.2) is 9.97 Å². The molecule has 132 valence electrons. The number of carbonyl (C=O) groups excluding carboxylic acids is 1. The van der Waals surface area contributed by atoms with E-state index in [2.05, 4.69) is 26.9 Å². The smallest absolute Gasteiger partial charge is 0.276 e. The maximum Gasteiger partial charge on any atom is 0.276 e. The van der Waals surface area contributed by atoms with Crippen LogP contribution in [0.1, 0.15) is 34.8 Å². The number of oxazole rings is 1. The molecular formula is C18H23N5O2. The Morgan fingerprint density at radius 1 is 1.20 bits per heavy atom. The third kappa shape index (κ3) is 2.77. The number of carbonyl (C=O) groups is 1. The van der Waals surface area contributed by atoms with Gasteiger partial charge in [0.15, 0.2) is 12.1 Å². The summed E-state index contributed by atoms with van der Waals surface area (Å²) in [5, 5.41) is 0. The van der Waals surface area contributed by atoms with Gasteiger partial charge < -0.3 is 14.2 Å². The van der Waals surface area contributed by atoms with Crippen molar-refractivity contribution in [3.05, 3.63) is 35.9 Å². The van der Waals surface area contributed by atoms with E-state index in [4.69, 9.17) is 4.42 Å². The van der Waals surface area contributed by atoms with Crippen LogP contribution in [0, 0.1) is 25.7 Å². The number of amides is 1. The van der Waals surface area contributed by atoms with Gasteiger partial charge in [0.2, 0.25) is 0 Å². The molecule has 0 spiro atoms. The summed E-state index contributed by atoms with van der Waals surface area (Å²) in [7, 11) is 2.08. The number of anilines is 1. The highest BCUT2D eigenvalue weighted by molar-refractivity contribution is 5.93. The summed E-state index contributed by atoms with van der Waals surface area (Å²) in [6.07, 6.45) is 7.24. The van der Waals surface area contributed by atoms with Crippen LogP contribution in [-0.2, 0) is 0 Å². The molecule has 7 heteroatoms. The van der Waals surface area contributed by atoms with E-state index in [0.717, 1.165) is 37.4 Å². The first-order chi connectivity index (χ1) is 12.0. The van der Waals surface area contributed by atoms with Gasteiger partial charge >= 0.3 is 0 Å². The van der Waals surface area contributed by atoms with Crippen LogP contribution in [0.15, 0.2) is 23.2 Å². The minimum absolute atomic E-state index is 0.0165. The highest BCUT2D eigenvalue weighted by atomic mass is 16.3. The molecule has 2 aromatic rings. The Morgan fingerprint density at radius 2 is 2.04 bits per heavy atom. The van der Waals surface area contributed by atoms with Crippen LogP contribution in [0.2, 0.25) is 0 Å². The lowest BCUT2D eigenvalue weighted by Crippen LogP contribution is -2.39. The van der Waals surface area contributed by atoms with E-state index in [-0.39, 0.29) is 5.91 Å². The summed E-state index contributed by atoms with van der Waals surface area (Å²) in [5.74, 6) is 2.47. The number of fused-ring (bicyclic) bond motifs is 1. The van der Waals surface area contributed by atoms with Crippen molar-refractivity contribution >= 4 is 11.7 Å². The van der Waals surface area contributed by atoms with Crippen molar-refractivity contribution in [2.24, 2.45) is 11.8 Å². The van der Waals surface area contributed by atoms with Crippen molar-refractivity contribution in [3.8, 4) is 0 Å². The molecule has 0 N–H and O–H groups in total. The molecule has 0 unspecified atom stereocenters. The molecule has 2 fully saturated rings. The number of nitrogens with zero attached hydrogens (tertiary/aromatic N) is 5. The van der Waals surface area contributed by atoms with Crippen molar-refractivity contribution in [2.45, 2.75) is 32.7 Å². The zero-order valence-electron chi connectivity index (χ0n) is 14.8. The largest absolute Gasteiger partial charge is 0.448 e. The van der Waals surface area contributed by atoms with Crippen LogP contribution in [0.5, 0.6) is 0 Å². The Kier molecular flexibility index (Phi) is 3.94. The fourth-order valence-electron chi connectivity index (χ4n) is 4.28. The maximum absolute atomic E-state index is 12.7. The topological polar surface area (TPSA) is 75.4 Å². The molecule has 3 heterocycles. The van der Waals surface area contributed by atoms with E-state index in [1.165, 1.54) is 6.39 Å². The summed E-state index contributed by atoms with van der Waals surface area (Å²) >= 11 is 0. The Bertz CT molecular complexity index is 772. The van der Waals surface area contributed by atoms with Gasteiger partial charge in [0, 0.05) is 32.1 Å². The number of likely N-dealkylation sites (tertiary alicyclic amines) is 1. The van der Waals surface area contributed by atoms with Crippen LogP contribution in [-0.4, -0.2) is 51.9 Å². The van der Waals surface area contributed by atoms with E-state index in [0.29, 0.717) is 29.3 Å². The number of aromatic nitrogens is 3. The van der Waals surface area contributed by atoms with Gasteiger partial charge in [0.25, 0.3) is 5.91 Å². The highest BCUT2D eigenvalue weighted by Gasteiger charge is 2.46. The molecule has 3 atom stereocenters. The zero-order chi connectivity index (χ0) is 17.6. The molecule has 25 heavy (non-hydrogen) atoms. The van der Waals surface area contributed by atoms with Crippen LogP contribution in [0.4, 0.5) is 5.82 Å². The Morgan fingerprint density at radius 3 is 2.72 bits per heavy atom. The van der Waals surface area contributed by atoms with E-state index >= 15 is 0 Å². The van der Waals surface area contributed by atoms with Gasteiger partial charge in [-0.1, -0.05) is 0 Å². The third-order valence-electron chi connectivity index (χ3n) is 5.68. The summed E-state index contributed by atoms with van der Waals surface area (Å²) in [5.41, 5.74) is 1.36. The fourth-order valence-corrected chi connectivity index (χ4v) is 4.28. The Balaban J connectivity index is 1.49. The average molecular weight is 341 g/mol. The van der Waals surface area contributed by atoms with E-state index in [1.807, 2.05) is 18.0 Å². The fraction of sp³-hybridized carbons (Fsp3) is 0.556. The summed E-state index contributed by atoms with van der Waals surface area (Å²) in [6.45, 7) is 5.29. The SMILES string of the molecule is Cc1cnc(N(C)[C@@H]2CC[C@@H]3CN(C(=O)c4ncoc4C)C[C@@H]32)cn1. The van der Waals surface area contributed by atoms with Gasteiger partial charge in [-0.3, -0.25) is 9.78 Å². The highest BCUT2D eigenvalue weighted by Crippen LogP contribution is 2.41. The summed E-state index contributed by atoms with van der Waals surface area (Å²) in [6, 6.07) is 0.387. The summed E-state index contributed by atoms with van der Waals surface area (Å²) in [4.78, 5) is 29.8. The first-order valence-corrected chi connectivity index (χ1v) is 8.75. The van der Waals surface area contributed by atoms with Crippen molar-refractivity contribution < 1.29 is 9.21 Å². The standard InChI is InChI=1S/C18H23N5O2/c1-11-6-20-16(7-19-11)22(3)15-5-4-13-8-23(9-14(13)15)18(24)17-12(2)25-10-21-17/h6-7,10,13-15H,4-5,8-9H2,1-3H3/t13-,14+,15-/m1/s1. The Hall–Kier alpha value is -2.44. The minimum atomic E-state index is -0.0165. The molecule has 2 aliphatic rings. The molecule has 1 saturated carbocycles. The maximum atomic E-state index is 12.7. The van der Waals surface area contributed by atoms with Gasteiger partial charge in [-0.05, 0) is 32.6 Å². The van der Waals surface area contributed by atoms with Crippen LogP contribution < -0.4 is 4.90 Å². The quantitative estimate of drug-likeness (QED) is 0.851. The molecule has 0 radical (unpaired) electrons. The van der Waals surface area contributed by atoms with Crippen molar-refractivity contribution in [1.29, 1.82) is 0 Å². The van der Waals surface area contributed by atoms with Crippen LogP contribution in [0.3, 0.4) is 0 Å². The third-order valence-corrected chi connectivity index (χ3v) is 5.68. The predicted octanol–water partition coefficient (Wildman–Crippen LogP) is 2.07. The van der Waals surface area contributed by atoms with Gasteiger partial charge in [-0.2, -0.15) is 0 Å². The van der Waals surface area contributed by atoms with Crippen molar-refractivity contribution in [1.82, 2.24) is 19.9 Å².